The number of carbonyl (C=O) groups is 1. The second kappa shape index (κ2) is 6.28. The third kappa shape index (κ3) is 3.03. The van der Waals surface area contributed by atoms with Crippen LogP contribution in [0.4, 0.5) is 0 Å². The van der Waals surface area contributed by atoms with Gasteiger partial charge in [-0.05, 0) is 12.8 Å². The molecule has 1 fully saturated rings. The fraction of sp³-hybridized carbons (Fsp3) is 0.692. The monoisotopic (exact) mass is 285 g/mol. The second-order valence-electron chi connectivity index (χ2n) is 4.85. The number of hydrogen-bond donors (Lipinski definition) is 0. The maximum absolute atomic E-state index is 12.5. The number of amides is 1. The van der Waals surface area contributed by atoms with Crippen LogP contribution in [0.1, 0.15) is 36.2 Å². The predicted molar refractivity (Wildman–Crippen MR) is 73.8 cm³/mol. The molecule has 2 heterocycles. The third-order valence-corrected chi connectivity index (χ3v) is 3.94. The number of alkyl halides is 1. The van der Waals surface area contributed by atoms with Crippen molar-refractivity contribution in [3.05, 3.63) is 11.8 Å². The van der Waals surface area contributed by atoms with Crippen molar-refractivity contribution in [1.29, 1.82) is 0 Å². The minimum atomic E-state index is -0.0496. The molecule has 0 N–H and O–H groups in total. The molecule has 1 unspecified atom stereocenters. The Morgan fingerprint density at radius 2 is 2.32 bits per heavy atom. The maximum atomic E-state index is 12.5. The quantitative estimate of drug-likeness (QED) is 0.799. The van der Waals surface area contributed by atoms with Gasteiger partial charge < -0.3 is 9.64 Å². The van der Waals surface area contributed by atoms with Gasteiger partial charge >= 0.3 is 0 Å². The Hall–Kier alpha value is -1.23. The van der Waals surface area contributed by atoms with E-state index < -0.39 is 0 Å². The summed E-state index contributed by atoms with van der Waals surface area (Å²) in [4.78, 5) is 14.4. The molecule has 5 nitrogen and oxygen atoms in total. The first-order valence-electron chi connectivity index (χ1n) is 6.62. The van der Waals surface area contributed by atoms with Gasteiger partial charge in [-0.25, -0.2) is 4.68 Å². The average molecular weight is 286 g/mol. The molecule has 1 aliphatic rings. The number of aromatic nitrogens is 2. The van der Waals surface area contributed by atoms with E-state index in [1.165, 1.54) is 0 Å². The summed E-state index contributed by atoms with van der Waals surface area (Å²) in [6, 6.07) is 1.79. The third-order valence-electron chi connectivity index (χ3n) is 3.58. The minimum Gasteiger partial charge on any atom is -0.481 e. The SMILES string of the molecule is COc1cc(C(=O)N2CCCCCC2CCl)nn1C. The molecule has 1 aromatic rings. The lowest BCUT2D eigenvalue weighted by atomic mass is 10.1. The number of likely N-dealkylation sites (tertiary alicyclic amines) is 1. The van der Waals surface area contributed by atoms with E-state index in [1.807, 2.05) is 4.90 Å². The van der Waals surface area contributed by atoms with Gasteiger partial charge in [0.1, 0.15) is 0 Å². The Kier molecular flexibility index (Phi) is 4.69. The summed E-state index contributed by atoms with van der Waals surface area (Å²) in [6.45, 7) is 0.759. The zero-order chi connectivity index (χ0) is 13.8. The summed E-state index contributed by atoms with van der Waals surface area (Å²) in [5, 5.41) is 4.21. The van der Waals surface area contributed by atoms with Crippen LogP contribution in [0.3, 0.4) is 0 Å². The summed E-state index contributed by atoms with van der Waals surface area (Å²) in [5.41, 5.74) is 0.427. The molecule has 0 aliphatic carbocycles. The number of methoxy groups -OCH3 is 1. The molecular formula is C13H20ClN3O2. The number of rotatable bonds is 3. The van der Waals surface area contributed by atoms with Gasteiger partial charge in [0.15, 0.2) is 5.69 Å². The smallest absolute Gasteiger partial charge is 0.274 e. The van der Waals surface area contributed by atoms with Crippen LogP contribution in [0.15, 0.2) is 6.07 Å². The second-order valence-corrected chi connectivity index (χ2v) is 5.16. The Bertz CT molecular complexity index is 447. The van der Waals surface area contributed by atoms with E-state index in [9.17, 15) is 4.79 Å². The molecule has 1 amide bonds. The van der Waals surface area contributed by atoms with Crippen LogP contribution in [0.25, 0.3) is 0 Å². The first-order chi connectivity index (χ1) is 9.17. The molecule has 0 aromatic carbocycles. The van der Waals surface area contributed by atoms with Crippen molar-refractivity contribution >= 4 is 17.5 Å². The van der Waals surface area contributed by atoms with Crippen molar-refractivity contribution in [2.75, 3.05) is 19.5 Å². The van der Waals surface area contributed by atoms with Gasteiger partial charge in [-0.2, -0.15) is 5.10 Å². The largest absolute Gasteiger partial charge is 0.481 e. The number of hydrogen-bond acceptors (Lipinski definition) is 3. The molecule has 1 saturated heterocycles. The van der Waals surface area contributed by atoms with Crippen LogP contribution in [0.5, 0.6) is 5.88 Å². The summed E-state index contributed by atoms with van der Waals surface area (Å²) in [6.07, 6.45) is 4.29. The molecule has 106 valence electrons. The lowest BCUT2D eigenvalue weighted by Crippen LogP contribution is -2.41. The topological polar surface area (TPSA) is 47.4 Å². The van der Waals surface area contributed by atoms with Gasteiger partial charge in [0.05, 0.1) is 7.11 Å². The van der Waals surface area contributed by atoms with Crippen molar-refractivity contribution in [2.24, 2.45) is 7.05 Å². The zero-order valence-electron chi connectivity index (χ0n) is 11.4. The number of aryl methyl sites for hydroxylation is 1. The molecule has 0 radical (unpaired) electrons. The van der Waals surface area contributed by atoms with Gasteiger partial charge in [0.2, 0.25) is 5.88 Å². The van der Waals surface area contributed by atoms with Crippen molar-refractivity contribution < 1.29 is 9.53 Å². The van der Waals surface area contributed by atoms with Crippen LogP contribution >= 0.6 is 11.6 Å². The molecule has 0 spiro atoms. The van der Waals surface area contributed by atoms with Gasteiger partial charge in [0.25, 0.3) is 5.91 Å². The summed E-state index contributed by atoms with van der Waals surface area (Å²) in [5.74, 6) is 1.02. The van der Waals surface area contributed by atoms with Crippen LogP contribution in [0, 0.1) is 0 Å². The van der Waals surface area contributed by atoms with E-state index in [0.29, 0.717) is 17.5 Å². The molecule has 6 heteroatoms. The number of ether oxygens (including phenoxy) is 1. The Labute approximate surface area is 118 Å². The highest BCUT2D eigenvalue weighted by Crippen LogP contribution is 2.21. The first kappa shape index (κ1) is 14.2. The van der Waals surface area contributed by atoms with Crippen molar-refractivity contribution in [2.45, 2.75) is 31.7 Å². The minimum absolute atomic E-state index is 0.0496. The normalized spacial score (nSPS) is 20.2. The average Bonchev–Trinajstić information content (AvgIpc) is 2.64. The number of halogens is 1. The maximum Gasteiger partial charge on any atom is 0.274 e. The van der Waals surface area contributed by atoms with E-state index in [2.05, 4.69) is 5.10 Å². The highest BCUT2D eigenvalue weighted by atomic mass is 35.5. The van der Waals surface area contributed by atoms with Crippen LogP contribution < -0.4 is 4.74 Å². The molecule has 2 rings (SSSR count). The van der Waals surface area contributed by atoms with Crippen LogP contribution in [0.2, 0.25) is 0 Å². The fourth-order valence-corrected chi connectivity index (χ4v) is 2.82. The molecule has 0 saturated carbocycles. The Morgan fingerprint density at radius 1 is 1.53 bits per heavy atom. The van der Waals surface area contributed by atoms with Crippen LogP contribution in [-0.4, -0.2) is 46.2 Å². The first-order valence-corrected chi connectivity index (χ1v) is 7.15. The van der Waals surface area contributed by atoms with Crippen LogP contribution in [-0.2, 0) is 7.05 Å². The van der Waals surface area contributed by atoms with E-state index in [0.717, 1.165) is 32.2 Å². The van der Waals surface area contributed by atoms with Gasteiger partial charge in [-0.15, -0.1) is 11.6 Å². The molecular weight excluding hydrogens is 266 g/mol. The standard InChI is InChI=1S/C13H20ClN3O2/c1-16-12(19-2)8-11(15-16)13(18)17-7-5-3-4-6-10(17)9-14/h8,10H,3-7,9H2,1-2H3. The van der Waals surface area contributed by atoms with Crippen molar-refractivity contribution in [3.8, 4) is 5.88 Å². The molecule has 19 heavy (non-hydrogen) atoms. The van der Waals surface area contributed by atoms with Gasteiger partial charge in [-0.3, -0.25) is 4.79 Å². The molecule has 1 aromatic heterocycles. The fourth-order valence-electron chi connectivity index (χ4n) is 2.50. The lowest BCUT2D eigenvalue weighted by molar-refractivity contribution is 0.0693. The molecule has 1 atom stereocenters. The lowest BCUT2D eigenvalue weighted by Gasteiger charge is -2.27. The Morgan fingerprint density at radius 3 is 2.95 bits per heavy atom. The van der Waals surface area contributed by atoms with E-state index in [4.69, 9.17) is 16.3 Å². The summed E-state index contributed by atoms with van der Waals surface area (Å²) >= 11 is 6.00. The number of carbonyl (C=O) groups excluding carboxylic acids is 1. The Balaban J connectivity index is 2.20. The van der Waals surface area contributed by atoms with Crippen molar-refractivity contribution in [1.82, 2.24) is 14.7 Å². The van der Waals surface area contributed by atoms with Crippen molar-refractivity contribution in [3.63, 3.8) is 0 Å². The van der Waals surface area contributed by atoms with Gasteiger partial charge in [0, 0.05) is 31.6 Å². The zero-order valence-corrected chi connectivity index (χ0v) is 12.2. The summed E-state index contributed by atoms with van der Waals surface area (Å²) < 4.78 is 6.71. The molecule has 0 bridgehead atoms. The van der Waals surface area contributed by atoms with E-state index in [1.54, 1.807) is 24.9 Å². The predicted octanol–water partition coefficient (Wildman–Crippen LogP) is 2.05. The van der Waals surface area contributed by atoms with E-state index in [-0.39, 0.29) is 11.9 Å². The summed E-state index contributed by atoms with van der Waals surface area (Å²) in [7, 11) is 3.33. The van der Waals surface area contributed by atoms with E-state index >= 15 is 0 Å². The van der Waals surface area contributed by atoms with Gasteiger partial charge in [-0.1, -0.05) is 12.8 Å². The highest BCUT2D eigenvalue weighted by molar-refractivity contribution is 6.18. The molecule has 1 aliphatic heterocycles. The highest BCUT2D eigenvalue weighted by Gasteiger charge is 2.27. The number of nitrogens with zero attached hydrogens (tertiary/aromatic N) is 3.